The minimum absolute atomic E-state index is 0.000365. The number of aliphatic hydroxyl groups excluding tert-OH is 3. The molecule has 6 nitrogen and oxygen atoms in total. The van der Waals surface area contributed by atoms with Gasteiger partial charge in [0.05, 0.1) is 24.2 Å². The van der Waals surface area contributed by atoms with Crippen LogP contribution in [0.15, 0.2) is 11.1 Å². The van der Waals surface area contributed by atoms with Crippen LogP contribution in [-0.2, 0) is 14.3 Å². The van der Waals surface area contributed by atoms with Crippen LogP contribution in [0.5, 0.6) is 0 Å². The van der Waals surface area contributed by atoms with Crippen LogP contribution in [0.4, 0.5) is 0 Å². The molecule has 0 bridgehead atoms. The highest BCUT2D eigenvalue weighted by Crippen LogP contribution is 2.76. The lowest BCUT2D eigenvalue weighted by Crippen LogP contribution is -2.59. The van der Waals surface area contributed by atoms with Crippen molar-refractivity contribution >= 4 is 5.97 Å². The van der Waals surface area contributed by atoms with E-state index >= 15 is 0 Å². The SMILES string of the molecule is CC1C(=O)OC2(CC(C)C3(CCC4(C)C5=C(CCC43C)C3(C)CCC(O)C(C)(CO)C3CC5)O2)C1O. The van der Waals surface area contributed by atoms with E-state index in [1.807, 2.05) is 0 Å². The standard InChI is InChI=1S/C30H46O6/c1-17-15-30(23(33)18(2)24(34)35-30)36-29(17)14-13-27(5)20-7-8-21-25(3,19(20)9-12-28(27,29)6)11-10-22(32)26(21,4)16-31/h17-18,21-23,31-33H,7-16H2,1-6H3. The summed E-state index contributed by atoms with van der Waals surface area (Å²) in [5.41, 5.74) is 2.13. The Morgan fingerprint density at radius 3 is 2.31 bits per heavy atom. The summed E-state index contributed by atoms with van der Waals surface area (Å²) >= 11 is 0. The second-order valence-corrected chi connectivity index (χ2v) is 14.4. The number of ether oxygens (including phenoxy) is 2. The second kappa shape index (κ2) is 7.37. The number of fused-ring (bicyclic) bond motifs is 5. The first-order valence-corrected chi connectivity index (χ1v) is 14.4. The van der Waals surface area contributed by atoms with Crippen molar-refractivity contribution in [3.63, 3.8) is 0 Å². The lowest BCUT2D eigenvalue weighted by Gasteiger charge is -2.63. The number of allylic oxidation sites excluding steroid dienone is 2. The largest absolute Gasteiger partial charge is 0.430 e. The van der Waals surface area contributed by atoms with E-state index in [4.69, 9.17) is 9.47 Å². The molecule has 2 saturated carbocycles. The number of rotatable bonds is 1. The molecule has 2 saturated heterocycles. The molecule has 0 amide bonds. The first-order valence-electron chi connectivity index (χ1n) is 14.4. The van der Waals surface area contributed by atoms with Gasteiger partial charge in [0.15, 0.2) is 0 Å². The third-order valence-corrected chi connectivity index (χ3v) is 13.3. The van der Waals surface area contributed by atoms with E-state index in [0.29, 0.717) is 6.42 Å². The fourth-order valence-electron chi connectivity index (χ4n) is 10.8. The summed E-state index contributed by atoms with van der Waals surface area (Å²) in [7, 11) is 0. The molecule has 4 aliphatic carbocycles. The average molecular weight is 503 g/mol. The Hall–Kier alpha value is -0.950. The Morgan fingerprint density at radius 1 is 0.944 bits per heavy atom. The van der Waals surface area contributed by atoms with Gasteiger partial charge < -0.3 is 24.8 Å². The molecule has 3 N–H and O–H groups in total. The fraction of sp³-hybridized carbons (Fsp3) is 0.900. The molecule has 4 fully saturated rings. The Morgan fingerprint density at radius 2 is 1.67 bits per heavy atom. The Balaban J connectivity index is 1.41. The Bertz CT molecular complexity index is 1020. The topological polar surface area (TPSA) is 96.2 Å². The molecule has 6 aliphatic rings. The van der Waals surface area contributed by atoms with Crippen molar-refractivity contribution in [3.8, 4) is 0 Å². The summed E-state index contributed by atoms with van der Waals surface area (Å²) < 4.78 is 12.8. The highest BCUT2D eigenvalue weighted by Gasteiger charge is 2.76. The lowest BCUT2D eigenvalue weighted by atomic mass is 9.42. The zero-order valence-corrected chi connectivity index (χ0v) is 23.0. The lowest BCUT2D eigenvalue weighted by molar-refractivity contribution is -0.279. The minimum Gasteiger partial charge on any atom is -0.430 e. The number of esters is 1. The highest BCUT2D eigenvalue weighted by molar-refractivity contribution is 5.76. The van der Waals surface area contributed by atoms with Gasteiger partial charge in [0, 0.05) is 17.3 Å². The van der Waals surface area contributed by atoms with E-state index in [0.717, 1.165) is 51.4 Å². The van der Waals surface area contributed by atoms with Crippen molar-refractivity contribution in [1.82, 2.24) is 0 Å². The molecule has 0 aromatic rings. The van der Waals surface area contributed by atoms with Gasteiger partial charge in [0.25, 0.3) is 0 Å². The average Bonchev–Trinajstić information content (AvgIpc) is 3.35. The minimum atomic E-state index is -1.22. The van der Waals surface area contributed by atoms with Crippen LogP contribution in [0.25, 0.3) is 0 Å². The van der Waals surface area contributed by atoms with Gasteiger partial charge in [0.2, 0.25) is 5.79 Å². The van der Waals surface area contributed by atoms with Crippen molar-refractivity contribution in [2.24, 2.45) is 39.4 Å². The van der Waals surface area contributed by atoms with Crippen LogP contribution < -0.4 is 0 Å². The molecule has 0 aromatic carbocycles. The summed E-state index contributed by atoms with van der Waals surface area (Å²) in [4.78, 5) is 12.4. The molecule has 0 aromatic heterocycles. The maximum atomic E-state index is 12.4. The molecule has 2 heterocycles. The molecule has 2 aliphatic heterocycles. The molecule has 6 rings (SSSR count). The summed E-state index contributed by atoms with van der Waals surface area (Å²) in [5, 5.41) is 32.3. The summed E-state index contributed by atoms with van der Waals surface area (Å²) in [6, 6.07) is 0. The first-order chi connectivity index (χ1) is 16.7. The van der Waals surface area contributed by atoms with E-state index in [9.17, 15) is 20.1 Å². The van der Waals surface area contributed by atoms with Gasteiger partial charge in [0.1, 0.15) is 6.10 Å². The van der Waals surface area contributed by atoms with E-state index in [1.54, 1.807) is 18.1 Å². The van der Waals surface area contributed by atoms with Crippen molar-refractivity contribution in [3.05, 3.63) is 11.1 Å². The summed E-state index contributed by atoms with van der Waals surface area (Å²) in [6.07, 6.45) is 6.84. The van der Waals surface area contributed by atoms with Gasteiger partial charge in [-0.3, -0.25) is 4.79 Å². The third kappa shape index (κ3) is 2.61. The monoisotopic (exact) mass is 502 g/mol. The fourth-order valence-corrected chi connectivity index (χ4v) is 10.8. The molecule has 202 valence electrons. The first kappa shape index (κ1) is 25.3. The number of hydrogen-bond donors (Lipinski definition) is 3. The van der Waals surface area contributed by atoms with E-state index in [2.05, 4.69) is 34.6 Å². The number of hydrogen-bond acceptors (Lipinski definition) is 6. The zero-order valence-electron chi connectivity index (χ0n) is 23.0. The highest BCUT2D eigenvalue weighted by atomic mass is 16.7. The predicted molar refractivity (Wildman–Crippen MR) is 135 cm³/mol. The van der Waals surface area contributed by atoms with E-state index in [-0.39, 0.29) is 40.7 Å². The summed E-state index contributed by atoms with van der Waals surface area (Å²) in [5.74, 6) is -1.69. The normalized spacial score (nSPS) is 58.2. The molecule has 11 unspecified atom stereocenters. The van der Waals surface area contributed by atoms with Crippen molar-refractivity contribution in [2.45, 2.75) is 123 Å². The maximum absolute atomic E-state index is 12.4. The molecule has 2 spiro atoms. The smallest absolute Gasteiger partial charge is 0.314 e. The van der Waals surface area contributed by atoms with Gasteiger partial charge >= 0.3 is 5.97 Å². The Labute approximate surface area is 215 Å². The van der Waals surface area contributed by atoms with Crippen LogP contribution in [0, 0.1) is 39.4 Å². The van der Waals surface area contributed by atoms with Crippen LogP contribution in [0.3, 0.4) is 0 Å². The van der Waals surface area contributed by atoms with E-state index < -0.39 is 34.9 Å². The molecule has 6 heteroatoms. The zero-order chi connectivity index (χ0) is 26.1. The number of carbonyl (C=O) groups excluding carboxylic acids is 1. The molecule has 0 radical (unpaired) electrons. The van der Waals surface area contributed by atoms with Gasteiger partial charge in [-0.15, -0.1) is 0 Å². The van der Waals surface area contributed by atoms with Gasteiger partial charge in [-0.25, -0.2) is 0 Å². The van der Waals surface area contributed by atoms with Crippen LogP contribution in [-0.4, -0.2) is 51.5 Å². The summed E-state index contributed by atoms with van der Waals surface area (Å²) in [6.45, 7) is 13.3. The number of aliphatic hydroxyl groups is 3. The third-order valence-electron chi connectivity index (χ3n) is 13.3. The molecular formula is C30H46O6. The van der Waals surface area contributed by atoms with Crippen molar-refractivity contribution < 1.29 is 29.6 Å². The van der Waals surface area contributed by atoms with Crippen molar-refractivity contribution in [2.75, 3.05) is 6.61 Å². The van der Waals surface area contributed by atoms with Crippen LogP contribution in [0.1, 0.15) is 99.3 Å². The predicted octanol–water partition coefficient (Wildman–Crippen LogP) is 4.50. The maximum Gasteiger partial charge on any atom is 0.314 e. The number of carbonyl (C=O) groups is 1. The van der Waals surface area contributed by atoms with Gasteiger partial charge in [-0.05, 0) is 81.0 Å². The van der Waals surface area contributed by atoms with Crippen LogP contribution >= 0.6 is 0 Å². The van der Waals surface area contributed by atoms with Crippen LogP contribution in [0.2, 0.25) is 0 Å². The second-order valence-electron chi connectivity index (χ2n) is 14.4. The van der Waals surface area contributed by atoms with Crippen molar-refractivity contribution in [1.29, 1.82) is 0 Å². The van der Waals surface area contributed by atoms with E-state index in [1.165, 1.54) is 0 Å². The molecule has 11 atom stereocenters. The molecular weight excluding hydrogens is 456 g/mol. The van der Waals surface area contributed by atoms with Gasteiger partial charge in [-0.2, -0.15) is 0 Å². The molecule has 36 heavy (non-hydrogen) atoms. The Kier molecular flexibility index (Phi) is 5.18. The van der Waals surface area contributed by atoms with Gasteiger partial charge in [-0.1, -0.05) is 45.8 Å². The quantitative estimate of drug-likeness (QED) is 0.361.